The number of nitrogens with zero attached hydrogens (tertiary/aromatic N) is 3. The Morgan fingerprint density at radius 1 is 1.05 bits per heavy atom. The normalized spacial score (nSPS) is 20.2. The quantitative estimate of drug-likeness (QED) is 0.803. The van der Waals surface area contributed by atoms with E-state index in [4.69, 9.17) is 0 Å². The van der Waals surface area contributed by atoms with Crippen LogP contribution >= 0.6 is 0 Å². The number of rotatable bonds is 2. The lowest BCUT2D eigenvalue weighted by Crippen LogP contribution is -2.48. The van der Waals surface area contributed by atoms with Crippen molar-refractivity contribution in [3.63, 3.8) is 0 Å². The van der Waals surface area contributed by atoms with Crippen LogP contribution in [0.1, 0.15) is 12.0 Å². The number of hydrogen-bond acceptors (Lipinski definition) is 4. The van der Waals surface area contributed by atoms with E-state index >= 15 is 0 Å². The maximum atomic E-state index is 11.7. The number of fused-ring (bicyclic) bond motifs is 1. The molecule has 1 aromatic carbocycles. The largest absolute Gasteiger partial charge is 0.369 e. The van der Waals surface area contributed by atoms with Gasteiger partial charge in [-0.1, -0.05) is 0 Å². The van der Waals surface area contributed by atoms with Crippen LogP contribution in [0.5, 0.6) is 0 Å². The molecular weight excluding hydrogens is 302 g/mol. The summed E-state index contributed by atoms with van der Waals surface area (Å²) in [5, 5.41) is 0. The lowest BCUT2D eigenvalue weighted by molar-refractivity contribution is -0.118. The van der Waals surface area contributed by atoms with E-state index in [-0.39, 0.29) is 5.91 Å². The Morgan fingerprint density at radius 3 is 2.36 bits per heavy atom. The predicted octanol–water partition coefficient (Wildman–Crippen LogP) is 0.677. The van der Waals surface area contributed by atoms with Gasteiger partial charge in [0.15, 0.2) is 0 Å². The number of piperazine rings is 1. The molecule has 1 aromatic rings. The van der Waals surface area contributed by atoms with Crippen LogP contribution in [0.4, 0.5) is 11.4 Å². The van der Waals surface area contributed by atoms with Crippen LogP contribution in [-0.2, 0) is 21.2 Å². The van der Waals surface area contributed by atoms with E-state index in [9.17, 15) is 13.2 Å². The van der Waals surface area contributed by atoms with Gasteiger partial charge in [0.1, 0.15) is 0 Å². The maximum Gasteiger partial charge on any atom is 0.227 e. The zero-order valence-corrected chi connectivity index (χ0v) is 13.8. The number of hydrogen-bond donors (Lipinski definition) is 0. The third-order valence-corrected chi connectivity index (χ3v) is 5.78. The van der Waals surface area contributed by atoms with Crippen LogP contribution in [0.25, 0.3) is 0 Å². The van der Waals surface area contributed by atoms with Gasteiger partial charge in [0, 0.05) is 51.0 Å². The molecule has 6 nitrogen and oxygen atoms in total. The summed E-state index contributed by atoms with van der Waals surface area (Å²) in [4.78, 5) is 15.6. The topological polar surface area (TPSA) is 60.9 Å². The third kappa shape index (κ3) is 2.83. The number of amides is 1. The highest BCUT2D eigenvalue weighted by Crippen LogP contribution is 2.31. The fourth-order valence-corrected chi connectivity index (χ4v) is 3.94. The first-order valence-electron chi connectivity index (χ1n) is 7.46. The Bertz CT molecular complexity index is 694. The number of carbonyl (C=O) groups is 1. The number of carbonyl (C=O) groups excluding carboxylic acids is 1. The molecule has 0 aromatic heterocycles. The van der Waals surface area contributed by atoms with E-state index in [0.29, 0.717) is 32.6 Å². The number of anilines is 2. The Labute approximate surface area is 131 Å². The number of aryl methyl sites for hydroxylation is 1. The summed E-state index contributed by atoms with van der Waals surface area (Å²) in [5.74, 6) is 0.155. The van der Waals surface area contributed by atoms with Crippen molar-refractivity contribution in [1.29, 1.82) is 0 Å². The van der Waals surface area contributed by atoms with Gasteiger partial charge in [-0.15, -0.1) is 0 Å². The second-order valence-corrected chi connectivity index (χ2v) is 7.90. The second-order valence-electron chi connectivity index (χ2n) is 5.91. The molecule has 0 unspecified atom stereocenters. The van der Waals surface area contributed by atoms with Crippen molar-refractivity contribution in [3.05, 3.63) is 23.8 Å². The van der Waals surface area contributed by atoms with Crippen LogP contribution in [0, 0.1) is 0 Å². The molecular formula is C15H21N3O3S. The molecule has 0 saturated carbocycles. The summed E-state index contributed by atoms with van der Waals surface area (Å²) in [6, 6.07) is 6.14. The minimum atomic E-state index is -3.10. The smallest absolute Gasteiger partial charge is 0.227 e. The lowest BCUT2D eigenvalue weighted by Gasteiger charge is -2.35. The fraction of sp³-hybridized carbons (Fsp3) is 0.533. The lowest BCUT2D eigenvalue weighted by atomic mass is 10.0. The molecule has 0 bridgehead atoms. The Morgan fingerprint density at radius 2 is 1.73 bits per heavy atom. The summed E-state index contributed by atoms with van der Waals surface area (Å²) in [6.45, 7) is 2.43. The van der Waals surface area contributed by atoms with Crippen molar-refractivity contribution < 1.29 is 13.2 Å². The van der Waals surface area contributed by atoms with Gasteiger partial charge in [0.05, 0.1) is 6.26 Å². The van der Waals surface area contributed by atoms with Gasteiger partial charge in [-0.3, -0.25) is 4.79 Å². The molecule has 1 amide bonds. The van der Waals surface area contributed by atoms with Crippen LogP contribution < -0.4 is 9.80 Å². The molecule has 3 rings (SSSR count). The maximum absolute atomic E-state index is 11.7. The van der Waals surface area contributed by atoms with Crippen molar-refractivity contribution in [3.8, 4) is 0 Å². The minimum absolute atomic E-state index is 0.155. The van der Waals surface area contributed by atoms with E-state index in [2.05, 4.69) is 11.0 Å². The standard InChI is InChI=1S/C15H21N3O3S/c1-16-14-5-4-13(11-12(14)3-6-15(16)19)17-7-9-18(10-8-17)22(2,20)21/h4-5,11H,3,6-10H2,1-2H3. The van der Waals surface area contributed by atoms with Crippen molar-refractivity contribution in [2.24, 2.45) is 0 Å². The summed E-state index contributed by atoms with van der Waals surface area (Å²) in [5.41, 5.74) is 3.27. The molecule has 0 aliphatic carbocycles. The first-order chi connectivity index (χ1) is 10.4. The van der Waals surface area contributed by atoms with Crippen LogP contribution in [0.3, 0.4) is 0 Å². The predicted molar refractivity (Wildman–Crippen MR) is 86.8 cm³/mol. The summed E-state index contributed by atoms with van der Waals surface area (Å²) >= 11 is 0. The van der Waals surface area contributed by atoms with Crippen LogP contribution in [0.2, 0.25) is 0 Å². The van der Waals surface area contributed by atoms with Gasteiger partial charge in [-0.25, -0.2) is 8.42 Å². The molecule has 2 aliphatic rings. The van der Waals surface area contributed by atoms with Crippen molar-refractivity contribution >= 4 is 27.3 Å². The van der Waals surface area contributed by atoms with Gasteiger partial charge in [-0.05, 0) is 30.2 Å². The number of benzene rings is 1. The van der Waals surface area contributed by atoms with E-state index in [1.165, 1.54) is 16.1 Å². The molecule has 7 heteroatoms. The Hall–Kier alpha value is -1.60. The second kappa shape index (κ2) is 5.55. The van der Waals surface area contributed by atoms with Crippen LogP contribution in [-0.4, -0.2) is 58.1 Å². The van der Waals surface area contributed by atoms with Gasteiger partial charge in [0.2, 0.25) is 15.9 Å². The van der Waals surface area contributed by atoms with E-state index in [0.717, 1.165) is 17.8 Å². The van der Waals surface area contributed by atoms with Crippen molar-refractivity contribution in [1.82, 2.24) is 4.31 Å². The highest BCUT2D eigenvalue weighted by molar-refractivity contribution is 7.88. The Kier molecular flexibility index (Phi) is 3.86. The van der Waals surface area contributed by atoms with Crippen molar-refractivity contribution in [2.75, 3.05) is 49.3 Å². The molecule has 120 valence electrons. The number of sulfonamides is 1. The van der Waals surface area contributed by atoms with E-state index < -0.39 is 10.0 Å². The average molecular weight is 323 g/mol. The van der Waals surface area contributed by atoms with Gasteiger partial charge >= 0.3 is 0 Å². The van der Waals surface area contributed by atoms with Gasteiger partial charge in [-0.2, -0.15) is 4.31 Å². The van der Waals surface area contributed by atoms with E-state index in [1.807, 2.05) is 19.2 Å². The Balaban J connectivity index is 1.76. The zero-order chi connectivity index (χ0) is 15.9. The van der Waals surface area contributed by atoms with E-state index in [1.54, 1.807) is 4.90 Å². The molecule has 2 aliphatic heterocycles. The molecule has 0 atom stereocenters. The first kappa shape index (κ1) is 15.3. The molecule has 1 fully saturated rings. The molecule has 0 radical (unpaired) electrons. The average Bonchev–Trinajstić information content (AvgIpc) is 2.50. The van der Waals surface area contributed by atoms with Gasteiger partial charge < -0.3 is 9.80 Å². The summed E-state index contributed by atoms with van der Waals surface area (Å²) in [7, 11) is -1.29. The highest BCUT2D eigenvalue weighted by atomic mass is 32.2. The monoisotopic (exact) mass is 323 g/mol. The first-order valence-corrected chi connectivity index (χ1v) is 9.30. The molecule has 22 heavy (non-hydrogen) atoms. The molecule has 0 N–H and O–H groups in total. The minimum Gasteiger partial charge on any atom is -0.369 e. The fourth-order valence-electron chi connectivity index (χ4n) is 3.12. The third-order valence-electron chi connectivity index (χ3n) is 4.48. The molecule has 0 spiro atoms. The summed E-state index contributed by atoms with van der Waals surface area (Å²) < 4.78 is 24.6. The van der Waals surface area contributed by atoms with Gasteiger partial charge in [0.25, 0.3) is 0 Å². The van der Waals surface area contributed by atoms with Crippen molar-refractivity contribution in [2.45, 2.75) is 12.8 Å². The molecule has 2 heterocycles. The zero-order valence-electron chi connectivity index (χ0n) is 12.9. The molecule has 1 saturated heterocycles. The summed E-state index contributed by atoms with van der Waals surface area (Å²) in [6.07, 6.45) is 2.58. The highest BCUT2D eigenvalue weighted by Gasteiger charge is 2.25. The SMILES string of the molecule is CN1C(=O)CCc2cc(N3CCN(S(C)(=O)=O)CC3)ccc21. The van der Waals surface area contributed by atoms with Crippen LogP contribution in [0.15, 0.2) is 18.2 Å².